The Kier molecular flexibility index (Phi) is 6.84. The van der Waals surface area contributed by atoms with E-state index in [0.29, 0.717) is 37.4 Å². The summed E-state index contributed by atoms with van der Waals surface area (Å²) in [4.78, 5) is 48.0. The van der Waals surface area contributed by atoms with Crippen molar-refractivity contribution in [3.8, 4) is 5.75 Å². The monoisotopic (exact) mass is 467 g/mol. The van der Waals surface area contributed by atoms with Crippen LogP contribution in [0.15, 0.2) is 61.4 Å². The molecule has 2 atom stereocenters. The average Bonchev–Trinajstić information content (AvgIpc) is 3.43. The van der Waals surface area contributed by atoms with Crippen molar-refractivity contribution in [1.29, 1.82) is 0 Å². The van der Waals surface area contributed by atoms with Crippen LogP contribution >= 0.6 is 11.6 Å². The average molecular weight is 468 g/mol. The third-order valence-electron chi connectivity index (χ3n) is 5.65. The van der Waals surface area contributed by atoms with Gasteiger partial charge in [-0.2, -0.15) is 0 Å². The quantitative estimate of drug-likeness (QED) is 0.274. The predicted molar refractivity (Wildman–Crippen MR) is 120 cm³/mol. The van der Waals surface area contributed by atoms with Gasteiger partial charge in [0.15, 0.2) is 18.2 Å². The van der Waals surface area contributed by atoms with Crippen molar-refractivity contribution in [3.05, 3.63) is 77.6 Å². The second-order valence-electron chi connectivity index (χ2n) is 7.72. The molecule has 0 spiro atoms. The fourth-order valence-electron chi connectivity index (χ4n) is 4.14. The normalized spacial score (nSPS) is 18.1. The van der Waals surface area contributed by atoms with E-state index in [-0.39, 0.29) is 10.6 Å². The molecule has 0 aliphatic carbocycles. The molecule has 2 unspecified atom stereocenters. The van der Waals surface area contributed by atoms with Crippen LogP contribution in [-0.4, -0.2) is 45.1 Å². The molecule has 3 aromatic rings. The fraction of sp³-hybridized carbons (Fsp3) is 0.292. The van der Waals surface area contributed by atoms with Crippen LogP contribution in [0.3, 0.4) is 0 Å². The molecule has 0 radical (unpaired) electrons. The molecule has 2 aromatic heterocycles. The molecule has 3 heterocycles. The summed E-state index contributed by atoms with van der Waals surface area (Å²) in [5, 5.41) is 0.279. The number of likely N-dealkylation sites (tertiary alicyclic amines) is 1. The number of benzene rings is 1. The lowest BCUT2D eigenvalue weighted by molar-refractivity contribution is -0.379. The highest BCUT2D eigenvalue weighted by atomic mass is 35.5. The summed E-state index contributed by atoms with van der Waals surface area (Å²) in [6, 6.07) is 7.55. The zero-order valence-electron chi connectivity index (χ0n) is 18.1. The summed E-state index contributed by atoms with van der Waals surface area (Å²) in [7, 11) is 0. The first-order chi connectivity index (χ1) is 16.0. The summed E-state index contributed by atoms with van der Waals surface area (Å²) < 4.78 is 7.34. The Morgan fingerprint density at radius 2 is 2.09 bits per heavy atom. The third kappa shape index (κ3) is 4.66. The molecule has 1 amide bonds. The van der Waals surface area contributed by atoms with Gasteiger partial charge in [0.25, 0.3) is 5.91 Å². The van der Waals surface area contributed by atoms with Gasteiger partial charge in [0.1, 0.15) is 11.7 Å². The van der Waals surface area contributed by atoms with Crippen LogP contribution in [0.4, 0.5) is 0 Å². The second-order valence-corrected chi connectivity index (χ2v) is 8.13. The molecule has 0 saturated carbocycles. The number of aromatic amines is 1. The first kappa shape index (κ1) is 22.7. The number of hydrogen-bond acceptors (Lipinski definition) is 5. The van der Waals surface area contributed by atoms with Crippen LogP contribution < -0.4 is 9.72 Å². The predicted octanol–water partition coefficient (Wildman–Crippen LogP) is 2.79. The van der Waals surface area contributed by atoms with Crippen LogP contribution in [0.5, 0.6) is 5.75 Å². The van der Waals surface area contributed by atoms with Gasteiger partial charge in [-0.15, -0.1) is 0 Å². The van der Waals surface area contributed by atoms with E-state index in [1.54, 1.807) is 49.2 Å². The minimum absolute atomic E-state index is 0.264. The van der Waals surface area contributed by atoms with E-state index in [0.717, 1.165) is 0 Å². The minimum Gasteiger partial charge on any atom is -0.492 e. The van der Waals surface area contributed by atoms with E-state index in [2.05, 4.69) is 9.97 Å². The van der Waals surface area contributed by atoms with Gasteiger partial charge in [-0.25, -0.2) is 9.97 Å². The number of hydrogen-bond donors (Lipinski definition) is 0. The van der Waals surface area contributed by atoms with Gasteiger partial charge in [0, 0.05) is 42.7 Å². The van der Waals surface area contributed by atoms with E-state index >= 15 is 0 Å². The SMILES string of the molecule is CCOc1ccc(C(=O)C2C(=O)C(=O)N(CCCn3ccnc3)C2c2ccc[nH+]c2)cc1Cl. The molecule has 1 aliphatic rings. The van der Waals surface area contributed by atoms with Crippen LogP contribution in [0.25, 0.3) is 0 Å². The lowest BCUT2D eigenvalue weighted by Gasteiger charge is -2.26. The van der Waals surface area contributed by atoms with Crippen LogP contribution in [-0.2, 0) is 16.1 Å². The van der Waals surface area contributed by atoms with Gasteiger partial charge in [-0.3, -0.25) is 14.4 Å². The Bertz CT molecular complexity index is 1150. The maximum absolute atomic E-state index is 13.5. The molecule has 0 bridgehead atoms. The summed E-state index contributed by atoms with van der Waals surface area (Å²) in [6.45, 7) is 3.24. The van der Waals surface area contributed by atoms with Crippen molar-refractivity contribution in [2.75, 3.05) is 13.2 Å². The molecule has 9 heteroatoms. The highest BCUT2D eigenvalue weighted by Gasteiger charge is 2.52. The molecule has 1 saturated heterocycles. The zero-order valence-corrected chi connectivity index (χ0v) is 18.9. The standard InChI is InChI=1S/C24H23ClN4O4/c1-2-33-19-7-6-16(13-18(19)25)22(30)20-21(17-5-3-8-26-14-17)29(24(32)23(20)31)11-4-10-28-12-9-27-15-28/h3,5-9,12-15,20-21H,2,4,10-11H2,1H3/p+1. The number of Topliss-reactive ketones (excluding diaryl/α,β-unsaturated/α-hetero) is 2. The number of carbonyl (C=O) groups is 3. The Labute approximate surface area is 196 Å². The van der Waals surface area contributed by atoms with E-state index in [1.165, 1.54) is 11.0 Å². The van der Waals surface area contributed by atoms with Crippen molar-refractivity contribution < 1.29 is 24.1 Å². The highest BCUT2D eigenvalue weighted by Crippen LogP contribution is 2.38. The number of rotatable bonds is 9. The Hall–Kier alpha value is -3.52. The van der Waals surface area contributed by atoms with Crippen molar-refractivity contribution in [2.45, 2.75) is 25.9 Å². The molecular formula is C24H24ClN4O4+. The molecule has 8 nitrogen and oxygen atoms in total. The summed E-state index contributed by atoms with van der Waals surface area (Å²) in [5.41, 5.74) is 0.953. The van der Waals surface area contributed by atoms with Crippen molar-refractivity contribution in [3.63, 3.8) is 0 Å². The largest absolute Gasteiger partial charge is 0.492 e. The first-order valence-electron chi connectivity index (χ1n) is 10.7. The maximum Gasteiger partial charge on any atom is 0.291 e. The lowest BCUT2D eigenvalue weighted by Crippen LogP contribution is -2.32. The number of ether oxygens (including phenoxy) is 1. The maximum atomic E-state index is 13.5. The smallest absolute Gasteiger partial charge is 0.291 e. The number of nitrogens with zero attached hydrogens (tertiary/aromatic N) is 3. The fourth-order valence-corrected chi connectivity index (χ4v) is 4.37. The van der Waals surface area contributed by atoms with Gasteiger partial charge in [0.2, 0.25) is 5.78 Å². The molecule has 1 fully saturated rings. The molecule has 33 heavy (non-hydrogen) atoms. The van der Waals surface area contributed by atoms with E-state index in [9.17, 15) is 14.4 Å². The zero-order chi connectivity index (χ0) is 23.4. The van der Waals surface area contributed by atoms with Crippen LogP contribution in [0.1, 0.15) is 35.3 Å². The van der Waals surface area contributed by atoms with Crippen molar-refractivity contribution in [2.24, 2.45) is 5.92 Å². The number of amides is 1. The van der Waals surface area contributed by atoms with Crippen LogP contribution in [0, 0.1) is 5.92 Å². The molecule has 4 rings (SSSR count). The summed E-state index contributed by atoms with van der Waals surface area (Å²) in [5.74, 6) is -2.49. The number of nitrogens with one attached hydrogen (secondary N) is 1. The number of ketones is 2. The topological polar surface area (TPSA) is 95.6 Å². The van der Waals surface area contributed by atoms with Gasteiger partial charge >= 0.3 is 0 Å². The molecule has 1 aliphatic heterocycles. The van der Waals surface area contributed by atoms with E-state index < -0.39 is 29.4 Å². The number of pyridine rings is 1. The molecule has 170 valence electrons. The van der Waals surface area contributed by atoms with E-state index in [4.69, 9.17) is 16.3 Å². The van der Waals surface area contributed by atoms with Crippen LogP contribution in [0.2, 0.25) is 5.02 Å². The summed E-state index contributed by atoms with van der Waals surface area (Å²) in [6.07, 6.45) is 9.27. The second kappa shape index (κ2) is 9.95. The molecule has 1 N–H and O–H groups in total. The number of imidazole rings is 1. The van der Waals surface area contributed by atoms with Gasteiger partial charge in [-0.1, -0.05) is 11.6 Å². The number of H-pyrrole nitrogens is 1. The number of halogens is 1. The van der Waals surface area contributed by atoms with Crippen molar-refractivity contribution >= 4 is 29.1 Å². The lowest BCUT2D eigenvalue weighted by atomic mass is 9.87. The Morgan fingerprint density at radius 3 is 2.76 bits per heavy atom. The summed E-state index contributed by atoms with van der Waals surface area (Å²) >= 11 is 6.27. The Morgan fingerprint density at radius 1 is 1.24 bits per heavy atom. The molecule has 1 aromatic carbocycles. The van der Waals surface area contributed by atoms with Gasteiger partial charge in [0.05, 0.1) is 24.0 Å². The minimum atomic E-state index is -1.16. The Balaban J connectivity index is 1.63. The highest BCUT2D eigenvalue weighted by molar-refractivity contribution is 6.44. The number of aryl methyl sites for hydroxylation is 1. The third-order valence-corrected chi connectivity index (χ3v) is 5.95. The number of aromatic nitrogens is 3. The van der Waals surface area contributed by atoms with Gasteiger partial charge < -0.3 is 14.2 Å². The van der Waals surface area contributed by atoms with E-state index in [1.807, 2.05) is 17.7 Å². The van der Waals surface area contributed by atoms with Gasteiger partial charge in [-0.05, 0) is 37.6 Å². The first-order valence-corrected chi connectivity index (χ1v) is 11.1. The number of carbonyl (C=O) groups excluding carboxylic acids is 3. The molecular weight excluding hydrogens is 444 g/mol. The van der Waals surface area contributed by atoms with Crippen molar-refractivity contribution in [1.82, 2.24) is 14.5 Å².